The van der Waals surface area contributed by atoms with Crippen molar-refractivity contribution in [2.24, 2.45) is 5.92 Å². The Balaban J connectivity index is 0.765. The zero-order valence-corrected chi connectivity index (χ0v) is 90.0. The first-order valence-electron chi connectivity index (χ1n) is 52.2. The van der Waals surface area contributed by atoms with Crippen molar-refractivity contribution in [3.63, 3.8) is 0 Å². The van der Waals surface area contributed by atoms with Crippen LogP contribution in [0.4, 0.5) is 22.6 Å². The number of urea groups is 1. The van der Waals surface area contributed by atoms with Crippen LogP contribution in [-0.4, -0.2) is 330 Å². The fourth-order valence-corrected chi connectivity index (χ4v) is 23.5. The minimum absolute atomic E-state index is 0.00631. The predicted octanol–water partition coefficient (Wildman–Crippen LogP) is 5.87. The molecule has 0 aliphatic carbocycles. The van der Waals surface area contributed by atoms with Crippen LogP contribution in [-0.2, 0) is 74.0 Å². The number of thioether (sulfide) groups is 2. The van der Waals surface area contributed by atoms with E-state index in [2.05, 4.69) is 70.4 Å². The Kier molecular flexibility index (Phi) is 49.8. The van der Waals surface area contributed by atoms with E-state index in [0.29, 0.717) is 215 Å². The molecule has 8 heterocycles. The van der Waals surface area contributed by atoms with E-state index in [1.165, 1.54) is 24.3 Å². The van der Waals surface area contributed by atoms with Crippen LogP contribution < -0.4 is 107 Å². The van der Waals surface area contributed by atoms with E-state index in [1.807, 2.05) is 52.1 Å². The number of aromatic nitrogens is 3. The summed E-state index contributed by atoms with van der Waals surface area (Å²) in [5.74, 6) is -3.30. The Morgan fingerprint density at radius 2 is 0.752 bits per heavy atom. The van der Waals surface area contributed by atoms with Crippen LogP contribution in [0, 0.1) is 5.92 Å². The molecule has 10 amide bonds. The standard InChI is InChI=1S/C96H152N18O29S6/c1-4-48-138-74-58-66(59-75(86(74)142-49-5-2)139-50-20-54-146(126,127)128)88(119)99-40-18-14-24-70(105-82(117)31-9-7-17-39-98-81(116)29-13-11-27-79-85-73(63-145-79)107-96(125)108-85)90(121)103-68-34-44-113(45-35-68)94-109-93(112-42-32-65(33-43-112)92(123)124)110-95(111-94)114-46-36-69(37-47-114)104-91(122)71(106-83(118)30-8-6-16-38-97-80(115)28-12-10-26-78-84-72(62-144-78)101-64(3)102-84)25-15-19-41-100-89(120)67-60-76(140-51-21-55-147(129,130)131)87(143-53-23-57-149(135,136)137)77(61-67)141-52-22-56-148(132,133)134/h58-61,65,68-73,78-79,84-85,101-102H,3-57,62-63H2,1-2H3,(H,97,115)(H,98,116)(H,99,119)(H,100,120)(H,103,121)(H,104,122)(H,105,117)(H,106,118)(H,123,124)(H2,107,108,125)(H,126,127,128)(H,129,130,131)(H,132,133,134)(H,135,136,137)/t70?,71?,72-,73+,78?,79+,84-,85+/m0/s1. The zero-order chi connectivity index (χ0) is 107. The van der Waals surface area contributed by atoms with Crippen LogP contribution in [0.5, 0.6) is 34.5 Å². The number of hydrogen-bond donors (Lipinski definition) is 17. The molecule has 149 heavy (non-hydrogen) atoms. The average molecular weight is 2210 g/mol. The predicted molar refractivity (Wildman–Crippen MR) is 561 cm³/mol. The van der Waals surface area contributed by atoms with Gasteiger partial charge >= 0.3 is 12.0 Å². The van der Waals surface area contributed by atoms with Gasteiger partial charge in [0.05, 0.1) is 98.6 Å². The number of hydrogen-bond acceptors (Lipinski definition) is 34. The molecular formula is C96H152N18O29S6. The molecule has 47 nitrogen and oxygen atoms in total. The van der Waals surface area contributed by atoms with Gasteiger partial charge in [0.25, 0.3) is 52.3 Å². The molecule has 10 rings (SSSR count). The number of anilines is 3. The van der Waals surface area contributed by atoms with Crippen molar-refractivity contribution in [2.45, 2.75) is 291 Å². The van der Waals surface area contributed by atoms with Gasteiger partial charge in [0.2, 0.25) is 64.8 Å². The van der Waals surface area contributed by atoms with Crippen molar-refractivity contribution in [3.05, 3.63) is 47.8 Å². The lowest BCUT2D eigenvalue weighted by Gasteiger charge is -2.36. The second-order valence-electron chi connectivity index (χ2n) is 38.6. The molecule has 0 spiro atoms. The molecule has 3 unspecified atom stereocenters. The number of piperidine rings is 3. The summed E-state index contributed by atoms with van der Waals surface area (Å²) in [4.78, 5) is 156. The molecule has 53 heteroatoms. The highest BCUT2D eigenvalue weighted by atomic mass is 32.2. The fraction of sp³-hybridized carbons (Fsp3) is 0.719. The number of fused-ring (bicyclic) bond motifs is 2. The second-order valence-corrected chi connectivity index (χ2v) is 47.4. The quantitative estimate of drug-likeness (QED) is 0.0178. The third-order valence-electron chi connectivity index (χ3n) is 26.4. The van der Waals surface area contributed by atoms with Crippen LogP contribution in [0.25, 0.3) is 0 Å². The smallest absolute Gasteiger partial charge is 0.315 e. The monoisotopic (exact) mass is 2210 g/mol. The van der Waals surface area contributed by atoms with Gasteiger partial charge in [-0.1, -0.05) is 46.1 Å². The molecule has 17 N–H and O–H groups in total. The van der Waals surface area contributed by atoms with Crippen LogP contribution in [0.2, 0.25) is 0 Å². The minimum atomic E-state index is -4.44. The summed E-state index contributed by atoms with van der Waals surface area (Å²) in [6, 6.07) is 3.47. The van der Waals surface area contributed by atoms with Gasteiger partial charge in [-0.25, -0.2) is 4.79 Å². The highest BCUT2D eigenvalue weighted by Crippen LogP contribution is 2.43. The molecule has 7 aliphatic rings. The highest BCUT2D eigenvalue weighted by Gasteiger charge is 2.44. The number of benzene rings is 2. The molecule has 1 aromatic heterocycles. The van der Waals surface area contributed by atoms with Crippen LogP contribution in [0.15, 0.2) is 36.7 Å². The number of unbranched alkanes of at least 4 members (excludes halogenated alkanes) is 8. The third-order valence-corrected chi connectivity index (χ3v) is 32.7. The minimum Gasteiger partial charge on any atom is -0.490 e. The molecule has 8 atom stereocenters. The number of aliphatic carboxylic acids is 1. The number of carboxylic acid groups (broad SMARTS) is 1. The number of carbonyl (C=O) groups is 10. The summed E-state index contributed by atoms with van der Waals surface area (Å²) in [5.41, 5.74) is 0.0602. The SMILES string of the molecule is C=C1N[C@H]2CSC(CCCCC(=O)NCCCCCC(=O)NC(CCCCNC(=O)c3cc(OCCCS(=O)(=O)O)c(OCCCS(=O)(=O)O)c(OCCCS(=O)(=O)O)c3)C(=O)NC3CCN(c4nc(N5CCC(NC(=O)C(CCCCNC(=O)c6cc(OCCC)c(OCCC)c(OCCCS(=O)(=O)O)c6)NC(=O)CCCCCNC(=O)CCCC[C@H]6SC[C@H]7NC(=O)N[C@H]76)CC5)nc(N5CCC(C(=O)O)CC5)n4)CC3)[C@H]2N1. The summed E-state index contributed by atoms with van der Waals surface area (Å²) in [6.45, 7) is 10.3. The molecule has 836 valence electrons. The Morgan fingerprint density at radius 3 is 1.14 bits per heavy atom. The number of carbonyl (C=O) groups excluding carboxylic acids is 9. The molecule has 3 aromatic rings. The fourth-order valence-electron chi connectivity index (χ4n) is 18.5. The molecule has 7 aliphatic heterocycles. The van der Waals surface area contributed by atoms with Crippen LogP contribution in [0.1, 0.15) is 253 Å². The van der Waals surface area contributed by atoms with E-state index in [1.54, 1.807) is 0 Å². The zero-order valence-electron chi connectivity index (χ0n) is 85.1. The third kappa shape index (κ3) is 43.5. The maximum Gasteiger partial charge on any atom is 0.315 e. The molecule has 7 saturated heterocycles. The number of amides is 10. The topological polar surface area (TPSA) is 657 Å². The number of carboxylic acids is 1. The largest absolute Gasteiger partial charge is 0.490 e. The molecular weight excluding hydrogens is 2060 g/mol. The molecule has 2 aromatic carbocycles. The van der Waals surface area contributed by atoms with Crippen molar-refractivity contribution in [3.8, 4) is 34.5 Å². The number of ether oxygens (including phenoxy) is 6. The summed E-state index contributed by atoms with van der Waals surface area (Å²) in [6.07, 6.45) is 13.9. The number of nitrogens with zero attached hydrogens (tertiary/aromatic N) is 6. The van der Waals surface area contributed by atoms with Crippen molar-refractivity contribution < 1.29 is 133 Å². The lowest BCUT2D eigenvalue weighted by molar-refractivity contribution is -0.142. The van der Waals surface area contributed by atoms with Crippen molar-refractivity contribution in [2.75, 3.05) is 154 Å². The van der Waals surface area contributed by atoms with Gasteiger partial charge in [-0.3, -0.25) is 61.4 Å². The number of nitrogens with one attached hydrogen (secondary N) is 12. The maximum absolute atomic E-state index is 14.7. The molecule has 0 bridgehead atoms. The second kappa shape index (κ2) is 61.5. The van der Waals surface area contributed by atoms with Crippen molar-refractivity contribution >= 4 is 141 Å². The lowest BCUT2D eigenvalue weighted by Crippen LogP contribution is -2.52. The summed E-state index contributed by atoms with van der Waals surface area (Å²) in [7, 11) is -17.6. The first kappa shape index (κ1) is 121. The summed E-state index contributed by atoms with van der Waals surface area (Å²) in [5, 5.41) is 47.6. The Bertz CT molecular complexity index is 5310. The first-order chi connectivity index (χ1) is 71.2. The van der Waals surface area contributed by atoms with Crippen molar-refractivity contribution in [1.29, 1.82) is 0 Å². The van der Waals surface area contributed by atoms with E-state index in [-0.39, 0.29) is 210 Å². The Hall–Kier alpha value is -10.2. The summed E-state index contributed by atoms with van der Waals surface area (Å²) >= 11 is 3.76. The van der Waals surface area contributed by atoms with Crippen molar-refractivity contribution in [1.82, 2.24) is 78.8 Å². The van der Waals surface area contributed by atoms with E-state index in [9.17, 15) is 105 Å². The Morgan fingerprint density at radius 1 is 0.416 bits per heavy atom. The van der Waals surface area contributed by atoms with Gasteiger partial charge in [-0.2, -0.15) is 72.1 Å². The number of rotatable bonds is 70. The van der Waals surface area contributed by atoms with Crippen LogP contribution in [0.3, 0.4) is 0 Å². The lowest BCUT2D eigenvalue weighted by atomic mass is 9.97. The normalized spacial score (nSPS) is 19.0. The van der Waals surface area contributed by atoms with Gasteiger partial charge in [0, 0.05) is 136 Å². The van der Waals surface area contributed by atoms with E-state index < -0.39 is 117 Å². The van der Waals surface area contributed by atoms with E-state index >= 15 is 0 Å². The maximum atomic E-state index is 14.7. The van der Waals surface area contributed by atoms with Gasteiger partial charge in [-0.15, -0.1) is 0 Å². The van der Waals surface area contributed by atoms with Crippen LogP contribution >= 0.6 is 23.5 Å². The first-order valence-corrected chi connectivity index (χ1v) is 60.7. The van der Waals surface area contributed by atoms with Gasteiger partial charge in [-0.05, 0) is 191 Å². The van der Waals surface area contributed by atoms with Gasteiger partial charge in [0.15, 0.2) is 23.0 Å². The van der Waals surface area contributed by atoms with Gasteiger partial charge in [0.1, 0.15) is 12.1 Å². The Labute approximate surface area is 881 Å². The van der Waals surface area contributed by atoms with Gasteiger partial charge < -0.3 is 112 Å². The molecule has 7 fully saturated rings. The average Bonchev–Trinajstić information content (AvgIpc) is 1.73. The molecule has 0 saturated carbocycles. The van der Waals surface area contributed by atoms with E-state index in [4.69, 9.17) is 43.4 Å². The van der Waals surface area contributed by atoms with E-state index in [0.717, 1.165) is 49.4 Å². The summed E-state index contributed by atoms with van der Waals surface area (Å²) < 4.78 is 166. The molecule has 0 radical (unpaired) electrons. The highest BCUT2D eigenvalue weighted by molar-refractivity contribution is 8.00.